The van der Waals surface area contributed by atoms with Crippen LogP contribution in [-0.4, -0.2) is 53.7 Å². The Labute approximate surface area is 166 Å². The standard InChI is InChI=1S/C23H26N4O/c24-13-16-2-1-3-17(10-16)18-11-20-21(14-27-15-23(20)27)22(12-18)25-19-4-6-26(7-5-19)8-9-28/h1-3,10-12,19,23,25,28H,4-9,14-15H2. The first-order valence-electron chi connectivity index (χ1n) is 10.3. The summed E-state index contributed by atoms with van der Waals surface area (Å²) in [4.78, 5) is 4.85. The molecule has 0 bridgehead atoms. The molecule has 2 saturated heterocycles. The van der Waals surface area contributed by atoms with Gasteiger partial charge in [-0.2, -0.15) is 5.26 Å². The number of nitrogens with one attached hydrogen (secondary N) is 1. The largest absolute Gasteiger partial charge is 0.395 e. The molecule has 28 heavy (non-hydrogen) atoms. The average molecular weight is 374 g/mol. The van der Waals surface area contributed by atoms with Gasteiger partial charge >= 0.3 is 0 Å². The number of benzene rings is 2. The number of likely N-dealkylation sites (tertiary alicyclic amines) is 1. The Balaban J connectivity index is 1.42. The third-order valence-corrected chi connectivity index (χ3v) is 6.41. The van der Waals surface area contributed by atoms with Gasteiger partial charge < -0.3 is 15.3 Å². The van der Waals surface area contributed by atoms with Gasteiger partial charge in [-0.15, -0.1) is 0 Å². The highest BCUT2D eigenvalue weighted by Gasteiger charge is 2.44. The molecule has 3 aliphatic rings. The Kier molecular flexibility index (Phi) is 4.56. The van der Waals surface area contributed by atoms with Crippen LogP contribution in [0.5, 0.6) is 0 Å². The van der Waals surface area contributed by atoms with Crippen LogP contribution in [-0.2, 0) is 6.54 Å². The van der Waals surface area contributed by atoms with Crippen molar-refractivity contribution in [3.05, 3.63) is 53.1 Å². The zero-order valence-electron chi connectivity index (χ0n) is 16.1. The van der Waals surface area contributed by atoms with E-state index < -0.39 is 0 Å². The van der Waals surface area contributed by atoms with Gasteiger partial charge in [-0.05, 0) is 59.4 Å². The van der Waals surface area contributed by atoms with Crippen molar-refractivity contribution >= 4 is 5.69 Å². The highest BCUT2D eigenvalue weighted by Crippen LogP contribution is 2.49. The van der Waals surface area contributed by atoms with Crippen LogP contribution in [0.4, 0.5) is 5.69 Å². The summed E-state index contributed by atoms with van der Waals surface area (Å²) in [6.07, 6.45) is 2.21. The van der Waals surface area contributed by atoms with Crippen molar-refractivity contribution in [2.24, 2.45) is 0 Å². The monoisotopic (exact) mass is 374 g/mol. The minimum atomic E-state index is 0.243. The summed E-state index contributed by atoms with van der Waals surface area (Å²) in [5.41, 5.74) is 7.19. The van der Waals surface area contributed by atoms with E-state index in [1.807, 2.05) is 18.2 Å². The number of nitriles is 1. The molecular formula is C23H26N4O. The summed E-state index contributed by atoms with van der Waals surface area (Å²) < 4.78 is 0. The molecule has 2 aromatic carbocycles. The van der Waals surface area contributed by atoms with E-state index in [0.717, 1.165) is 44.6 Å². The number of aliphatic hydroxyl groups is 1. The van der Waals surface area contributed by atoms with Crippen molar-refractivity contribution < 1.29 is 5.11 Å². The quantitative estimate of drug-likeness (QED) is 0.788. The number of hydrogen-bond donors (Lipinski definition) is 2. The molecule has 5 nitrogen and oxygen atoms in total. The summed E-state index contributed by atoms with van der Waals surface area (Å²) in [5, 5.41) is 22.2. The Bertz CT molecular complexity index is 927. The van der Waals surface area contributed by atoms with E-state index >= 15 is 0 Å². The molecular weight excluding hydrogens is 348 g/mol. The van der Waals surface area contributed by atoms with Crippen molar-refractivity contribution in [2.45, 2.75) is 31.5 Å². The minimum absolute atomic E-state index is 0.243. The number of piperidine rings is 1. The Morgan fingerprint density at radius 3 is 2.79 bits per heavy atom. The Morgan fingerprint density at radius 2 is 2.00 bits per heavy atom. The zero-order valence-corrected chi connectivity index (χ0v) is 16.1. The molecule has 0 radical (unpaired) electrons. The van der Waals surface area contributed by atoms with Gasteiger partial charge in [0.2, 0.25) is 0 Å². The van der Waals surface area contributed by atoms with E-state index in [4.69, 9.17) is 5.11 Å². The molecule has 2 fully saturated rings. The maximum Gasteiger partial charge on any atom is 0.0991 e. The van der Waals surface area contributed by atoms with Gasteiger partial charge in [0, 0.05) is 50.5 Å². The number of aliphatic hydroxyl groups excluding tert-OH is 1. The fraction of sp³-hybridized carbons (Fsp3) is 0.435. The van der Waals surface area contributed by atoms with Crippen molar-refractivity contribution in [3.8, 4) is 17.2 Å². The van der Waals surface area contributed by atoms with E-state index in [9.17, 15) is 5.26 Å². The molecule has 2 N–H and O–H groups in total. The molecule has 144 valence electrons. The fourth-order valence-corrected chi connectivity index (χ4v) is 4.74. The smallest absolute Gasteiger partial charge is 0.0991 e. The van der Waals surface area contributed by atoms with Crippen LogP contribution in [0.1, 0.15) is 35.6 Å². The summed E-state index contributed by atoms with van der Waals surface area (Å²) in [5.74, 6) is 0. The third-order valence-electron chi connectivity index (χ3n) is 6.41. The Hall–Kier alpha value is -2.39. The minimum Gasteiger partial charge on any atom is -0.395 e. The highest BCUT2D eigenvalue weighted by molar-refractivity contribution is 5.74. The van der Waals surface area contributed by atoms with Crippen molar-refractivity contribution in [2.75, 3.05) is 38.1 Å². The molecule has 0 spiro atoms. The van der Waals surface area contributed by atoms with E-state index in [-0.39, 0.29) is 6.61 Å². The van der Waals surface area contributed by atoms with Gasteiger partial charge in [0.15, 0.2) is 0 Å². The number of fused-ring (bicyclic) bond motifs is 3. The number of rotatable bonds is 5. The molecule has 2 aromatic rings. The molecule has 2 unspecified atom stereocenters. The molecule has 3 aliphatic heterocycles. The maximum absolute atomic E-state index is 9.25. The normalized spacial score (nSPS) is 23.7. The third kappa shape index (κ3) is 3.29. The summed E-state index contributed by atoms with van der Waals surface area (Å²) in [7, 11) is 0. The second kappa shape index (κ2) is 7.21. The van der Waals surface area contributed by atoms with Crippen molar-refractivity contribution in [1.29, 1.82) is 5.26 Å². The number of nitrogens with zero attached hydrogens (tertiary/aromatic N) is 3. The molecule has 0 saturated carbocycles. The van der Waals surface area contributed by atoms with Gasteiger partial charge in [-0.3, -0.25) is 4.90 Å². The highest BCUT2D eigenvalue weighted by atomic mass is 16.3. The second-order valence-corrected chi connectivity index (χ2v) is 8.21. The molecule has 3 heterocycles. The van der Waals surface area contributed by atoms with Crippen molar-refractivity contribution in [1.82, 2.24) is 9.80 Å². The zero-order chi connectivity index (χ0) is 19.1. The lowest BCUT2D eigenvalue weighted by molar-refractivity contribution is 0.168. The van der Waals surface area contributed by atoms with Gasteiger partial charge in [0.05, 0.1) is 18.2 Å². The molecule has 0 aromatic heterocycles. The van der Waals surface area contributed by atoms with E-state index in [1.54, 1.807) is 0 Å². The number of hydrogen-bond acceptors (Lipinski definition) is 5. The van der Waals surface area contributed by atoms with Gasteiger partial charge in [-0.1, -0.05) is 12.1 Å². The fourth-order valence-electron chi connectivity index (χ4n) is 4.74. The number of β-amino-alcohol motifs (C(OH)–C–C–N with tert-alkyl or cyclic N) is 1. The predicted molar refractivity (Wildman–Crippen MR) is 110 cm³/mol. The summed E-state index contributed by atoms with van der Waals surface area (Å²) in [6.45, 7) is 5.33. The molecule has 5 heteroatoms. The van der Waals surface area contributed by atoms with Crippen LogP contribution in [0.25, 0.3) is 11.1 Å². The van der Waals surface area contributed by atoms with E-state index in [1.165, 1.54) is 28.9 Å². The topological polar surface area (TPSA) is 62.3 Å². The summed E-state index contributed by atoms with van der Waals surface area (Å²) in [6, 6.07) is 15.8. The molecule has 2 atom stereocenters. The van der Waals surface area contributed by atoms with Crippen LogP contribution in [0.15, 0.2) is 36.4 Å². The van der Waals surface area contributed by atoms with E-state index in [2.05, 4.69) is 39.4 Å². The molecule has 5 rings (SSSR count). The second-order valence-electron chi connectivity index (χ2n) is 8.21. The lowest BCUT2D eigenvalue weighted by atomic mass is 9.95. The van der Waals surface area contributed by atoms with Crippen LogP contribution in [0, 0.1) is 11.3 Å². The first-order valence-corrected chi connectivity index (χ1v) is 10.3. The van der Waals surface area contributed by atoms with Crippen LogP contribution < -0.4 is 5.32 Å². The van der Waals surface area contributed by atoms with Gasteiger partial charge in [0.1, 0.15) is 0 Å². The predicted octanol–water partition coefficient (Wildman–Crippen LogP) is 2.96. The lowest BCUT2D eigenvalue weighted by Gasteiger charge is -2.33. The first-order chi connectivity index (χ1) is 13.7. The Morgan fingerprint density at radius 1 is 1.14 bits per heavy atom. The van der Waals surface area contributed by atoms with Crippen molar-refractivity contribution in [3.63, 3.8) is 0 Å². The first kappa shape index (κ1) is 17.7. The molecule has 0 amide bonds. The van der Waals surface area contributed by atoms with Crippen LogP contribution in [0.2, 0.25) is 0 Å². The summed E-state index contributed by atoms with van der Waals surface area (Å²) >= 11 is 0. The van der Waals surface area contributed by atoms with E-state index in [0.29, 0.717) is 17.6 Å². The molecule has 0 aliphatic carbocycles. The van der Waals surface area contributed by atoms with Crippen LogP contribution >= 0.6 is 0 Å². The lowest BCUT2D eigenvalue weighted by Crippen LogP contribution is -2.40. The van der Waals surface area contributed by atoms with Crippen LogP contribution in [0.3, 0.4) is 0 Å². The maximum atomic E-state index is 9.25. The SMILES string of the molecule is N#Cc1cccc(-c2cc(NC3CCN(CCO)CC3)c3c(c2)C2CN2C3)c1. The average Bonchev–Trinajstić information content (AvgIpc) is 3.41. The van der Waals surface area contributed by atoms with Gasteiger partial charge in [-0.25, -0.2) is 0 Å². The number of anilines is 1. The van der Waals surface area contributed by atoms with Gasteiger partial charge in [0.25, 0.3) is 0 Å².